The molecule has 0 aromatic rings. The quantitative estimate of drug-likeness (QED) is 0.729. The van der Waals surface area contributed by atoms with Crippen LogP contribution < -0.4 is 5.32 Å². The molecule has 114 valence electrons. The monoisotopic (exact) mass is 269 g/mol. The third-order valence-corrected chi connectivity index (χ3v) is 4.52. The molecule has 0 aromatic carbocycles. The summed E-state index contributed by atoms with van der Waals surface area (Å²) in [5, 5.41) is 3.37. The number of nitrogens with zero attached hydrogens (tertiary/aromatic N) is 2. The smallest absolute Gasteiger partial charge is 0.00445 e. The van der Waals surface area contributed by atoms with Crippen molar-refractivity contribution in [2.24, 2.45) is 11.3 Å². The van der Waals surface area contributed by atoms with Crippen molar-refractivity contribution in [1.82, 2.24) is 15.1 Å². The molecule has 1 unspecified atom stereocenters. The normalized spacial score (nSPS) is 21.8. The van der Waals surface area contributed by atoms with E-state index >= 15 is 0 Å². The van der Waals surface area contributed by atoms with Gasteiger partial charge in [-0.25, -0.2) is 0 Å². The summed E-state index contributed by atoms with van der Waals surface area (Å²) in [6.07, 6.45) is 5.33. The van der Waals surface area contributed by atoms with Crippen molar-refractivity contribution in [3.63, 3.8) is 0 Å². The topological polar surface area (TPSA) is 18.5 Å². The Hall–Kier alpha value is -0.120. The van der Waals surface area contributed by atoms with E-state index in [1.807, 2.05) is 0 Å². The van der Waals surface area contributed by atoms with Gasteiger partial charge in [0.15, 0.2) is 0 Å². The molecule has 0 aromatic heterocycles. The van der Waals surface area contributed by atoms with Gasteiger partial charge in [0.05, 0.1) is 0 Å². The summed E-state index contributed by atoms with van der Waals surface area (Å²) in [6.45, 7) is 10.9. The molecule has 1 fully saturated rings. The fourth-order valence-electron chi connectivity index (χ4n) is 3.66. The molecule has 0 amide bonds. The van der Waals surface area contributed by atoms with E-state index < -0.39 is 0 Å². The van der Waals surface area contributed by atoms with Crippen LogP contribution >= 0.6 is 0 Å². The molecular formula is C16H35N3. The van der Waals surface area contributed by atoms with Crippen molar-refractivity contribution in [3.05, 3.63) is 0 Å². The zero-order valence-electron chi connectivity index (χ0n) is 13.8. The average molecular weight is 269 g/mol. The molecule has 1 N–H and O–H groups in total. The molecule has 1 aliphatic rings. The van der Waals surface area contributed by atoms with Crippen molar-refractivity contribution in [3.8, 4) is 0 Å². The van der Waals surface area contributed by atoms with Crippen LogP contribution in [0.25, 0.3) is 0 Å². The van der Waals surface area contributed by atoms with Crippen LogP contribution in [0.4, 0.5) is 0 Å². The maximum Gasteiger partial charge on any atom is 0.00445 e. The Morgan fingerprint density at radius 3 is 2.47 bits per heavy atom. The number of hydrogen-bond donors (Lipinski definition) is 1. The van der Waals surface area contributed by atoms with E-state index in [1.54, 1.807) is 0 Å². The number of likely N-dealkylation sites (tertiary alicyclic amines) is 1. The van der Waals surface area contributed by atoms with Gasteiger partial charge in [-0.3, -0.25) is 0 Å². The first-order valence-electron chi connectivity index (χ1n) is 8.01. The lowest BCUT2D eigenvalue weighted by Gasteiger charge is -2.37. The second-order valence-electron chi connectivity index (χ2n) is 7.03. The van der Waals surface area contributed by atoms with Crippen molar-refractivity contribution in [2.75, 3.05) is 53.9 Å². The summed E-state index contributed by atoms with van der Waals surface area (Å²) in [5.74, 6) is 0.904. The van der Waals surface area contributed by atoms with Crippen LogP contribution in [0, 0.1) is 11.3 Å². The molecule has 0 bridgehead atoms. The van der Waals surface area contributed by atoms with Gasteiger partial charge in [-0.05, 0) is 64.8 Å². The predicted molar refractivity (Wildman–Crippen MR) is 84.7 cm³/mol. The van der Waals surface area contributed by atoms with E-state index in [0.29, 0.717) is 5.41 Å². The van der Waals surface area contributed by atoms with Gasteiger partial charge in [-0.15, -0.1) is 0 Å². The van der Waals surface area contributed by atoms with Crippen LogP contribution in [0.1, 0.15) is 39.5 Å². The fraction of sp³-hybridized carbons (Fsp3) is 1.00. The molecule has 3 nitrogen and oxygen atoms in total. The number of nitrogens with one attached hydrogen (secondary N) is 1. The maximum absolute atomic E-state index is 3.37. The van der Waals surface area contributed by atoms with Gasteiger partial charge >= 0.3 is 0 Å². The zero-order valence-corrected chi connectivity index (χ0v) is 13.8. The van der Waals surface area contributed by atoms with Crippen LogP contribution in [0.2, 0.25) is 0 Å². The first-order valence-corrected chi connectivity index (χ1v) is 8.01. The molecule has 19 heavy (non-hydrogen) atoms. The zero-order chi connectivity index (χ0) is 14.3. The van der Waals surface area contributed by atoms with Crippen molar-refractivity contribution in [1.29, 1.82) is 0 Å². The predicted octanol–water partition coefficient (Wildman–Crippen LogP) is 2.29. The van der Waals surface area contributed by atoms with Gasteiger partial charge in [0.1, 0.15) is 0 Å². The lowest BCUT2D eigenvalue weighted by Crippen LogP contribution is -2.43. The molecule has 1 aliphatic heterocycles. The first kappa shape index (κ1) is 16.9. The number of piperidine rings is 1. The molecule has 1 saturated heterocycles. The van der Waals surface area contributed by atoms with Gasteiger partial charge in [-0.1, -0.05) is 20.3 Å². The highest BCUT2D eigenvalue weighted by Gasteiger charge is 2.26. The van der Waals surface area contributed by atoms with E-state index in [2.05, 4.69) is 50.1 Å². The Morgan fingerprint density at radius 1 is 1.32 bits per heavy atom. The summed E-state index contributed by atoms with van der Waals surface area (Å²) in [6, 6.07) is 0. The Balaban J connectivity index is 2.37. The third-order valence-electron chi connectivity index (χ3n) is 4.52. The van der Waals surface area contributed by atoms with Crippen molar-refractivity contribution in [2.45, 2.75) is 39.5 Å². The summed E-state index contributed by atoms with van der Waals surface area (Å²) < 4.78 is 0. The first-order chi connectivity index (χ1) is 8.99. The summed E-state index contributed by atoms with van der Waals surface area (Å²) in [5.41, 5.74) is 0.420. The van der Waals surface area contributed by atoms with Gasteiger partial charge in [-0.2, -0.15) is 0 Å². The van der Waals surface area contributed by atoms with Crippen LogP contribution in [-0.4, -0.2) is 63.7 Å². The molecule has 1 heterocycles. The lowest BCUT2D eigenvalue weighted by molar-refractivity contribution is 0.131. The fourth-order valence-corrected chi connectivity index (χ4v) is 3.66. The highest BCUT2D eigenvalue weighted by molar-refractivity contribution is 4.81. The standard InChI is InChI=1S/C16H35N3/c1-6-9-16(2,13-17-3)14-19(5)12-15-7-10-18(4)11-8-15/h15,17H,6-14H2,1-5H3. The van der Waals surface area contributed by atoms with Crippen molar-refractivity contribution < 1.29 is 0 Å². The Bertz CT molecular complexity index is 228. The largest absolute Gasteiger partial charge is 0.319 e. The molecule has 0 spiro atoms. The van der Waals surface area contributed by atoms with E-state index in [9.17, 15) is 0 Å². The molecule has 1 rings (SSSR count). The van der Waals surface area contributed by atoms with Gasteiger partial charge in [0.25, 0.3) is 0 Å². The molecule has 1 atom stereocenters. The number of rotatable bonds is 8. The Kier molecular flexibility index (Phi) is 7.33. The highest BCUT2D eigenvalue weighted by atomic mass is 15.1. The molecule has 0 radical (unpaired) electrons. The minimum Gasteiger partial charge on any atom is -0.319 e. The van der Waals surface area contributed by atoms with Crippen molar-refractivity contribution >= 4 is 0 Å². The average Bonchev–Trinajstić information content (AvgIpc) is 2.32. The highest BCUT2D eigenvalue weighted by Crippen LogP contribution is 2.25. The Morgan fingerprint density at radius 2 is 1.95 bits per heavy atom. The number of hydrogen-bond acceptors (Lipinski definition) is 3. The van der Waals surface area contributed by atoms with Gasteiger partial charge in [0.2, 0.25) is 0 Å². The summed E-state index contributed by atoms with van der Waals surface area (Å²) in [7, 11) is 6.62. The SMILES string of the molecule is CCCC(C)(CNC)CN(C)CC1CCN(C)CC1. The van der Waals surface area contributed by atoms with Crippen LogP contribution in [0.3, 0.4) is 0 Å². The summed E-state index contributed by atoms with van der Waals surface area (Å²) in [4.78, 5) is 5.03. The molecule has 0 aliphatic carbocycles. The van der Waals surface area contributed by atoms with Gasteiger partial charge < -0.3 is 15.1 Å². The Labute approximate surface area is 120 Å². The summed E-state index contributed by atoms with van der Waals surface area (Å²) >= 11 is 0. The van der Waals surface area contributed by atoms with Gasteiger partial charge in [0, 0.05) is 19.6 Å². The minimum absolute atomic E-state index is 0.420. The minimum atomic E-state index is 0.420. The van der Waals surface area contributed by atoms with Crippen LogP contribution in [0.15, 0.2) is 0 Å². The second-order valence-corrected chi connectivity index (χ2v) is 7.03. The van der Waals surface area contributed by atoms with E-state index in [0.717, 1.165) is 12.5 Å². The maximum atomic E-state index is 3.37. The second kappa shape index (κ2) is 8.23. The van der Waals surface area contributed by atoms with E-state index in [4.69, 9.17) is 0 Å². The van der Waals surface area contributed by atoms with E-state index in [1.165, 1.54) is 51.9 Å². The molecule has 0 saturated carbocycles. The van der Waals surface area contributed by atoms with Crippen LogP contribution in [-0.2, 0) is 0 Å². The molecular weight excluding hydrogens is 234 g/mol. The molecule has 3 heteroatoms. The van der Waals surface area contributed by atoms with Crippen LogP contribution in [0.5, 0.6) is 0 Å². The third kappa shape index (κ3) is 6.24. The van der Waals surface area contributed by atoms with E-state index in [-0.39, 0.29) is 0 Å². The lowest BCUT2D eigenvalue weighted by atomic mass is 9.84.